The van der Waals surface area contributed by atoms with Crippen molar-refractivity contribution in [3.63, 3.8) is 0 Å². The van der Waals surface area contributed by atoms with Crippen molar-refractivity contribution in [1.29, 1.82) is 0 Å². The van der Waals surface area contributed by atoms with Crippen molar-refractivity contribution in [3.05, 3.63) is 11.9 Å². The van der Waals surface area contributed by atoms with E-state index in [-0.39, 0.29) is 23.6 Å². The van der Waals surface area contributed by atoms with Gasteiger partial charge in [0.1, 0.15) is 5.78 Å². The number of urea groups is 1. The molecule has 0 unspecified atom stereocenters. The Labute approximate surface area is 256 Å². The monoisotopic (exact) mass is 610 g/mol. The van der Waals surface area contributed by atoms with Crippen LogP contribution in [0.3, 0.4) is 0 Å². The van der Waals surface area contributed by atoms with E-state index >= 15 is 0 Å². The quantitative estimate of drug-likeness (QED) is 0.168. The zero-order chi connectivity index (χ0) is 31.8. The summed E-state index contributed by atoms with van der Waals surface area (Å²) in [6, 6.07) is -0.0463. The summed E-state index contributed by atoms with van der Waals surface area (Å²) < 4.78 is 18.3. The third-order valence-electron chi connectivity index (χ3n) is 6.33. The summed E-state index contributed by atoms with van der Waals surface area (Å²) in [6.45, 7) is 15.6. The molecular formula is C29H54N8O6. The molecule has 0 aromatic carbocycles. The summed E-state index contributed by atoms with van der Waals surface area (Å²) in [5.74, 6) is 0.277. The van der Waals surface area contributed by atoms with E-state index in [1.165, 1.54) is 0 Å². The van der Waals surface area contributed by atoms with Crippen LogP contribution in [0.2, 0.25) is 0 Å². The van der Waals surface area contributed by atoms with Crippen LogP contribution >= 0.6 is 0 Å². The van der Waals surface area contributed by atoms with Gasteiger partial charge in [0.15, 0.2) is 5.66 Å². The maximum atomic E-state index is 12.0. The van der Waals surface area contributed by atoms with Gasteiger partial charge >= 0.3 is 6.03 Å². The van der Waals surface area contributed by atoms with Crippen molar-refractivity contribution in [3.8, 4) is 0 Å². The van der Waals surface area contributed by atoms with Crippen molar-refractivity contribution in [2.45, 2.75) is 91.8 Å². The van der Waals surface area contributed by atoms with Crippen LogP contribution in [0.15, 0.2) is 16.4 Å². The third-order valence-corrected chi connectivity index (χ3v) is 6.33. The number of rotatable bonds is 22. The molecule has 3 N–H and O–H groups in total. The van der Waals surface area contributed by atoms with Gasteiger partial charge < -0.3 is 30.2 Å². The predicted octanol–water partition coefficient (Wildman–Crippen LogP) is 3.06. The maximum absolute atomic E-state index is 12.0. The highest BCUT2D eigenvalue weighted by Crippen LogP contribution is 2.37. The molecule has 1 aromatic rings. The van der Waals surface area contributed by atoms with Gasteiger partial charge in [-0.25, -0.2) is 9.48 Å². The fourth-order valence-electron chi connectivity index (χ4n) is 3.70. The Balaban J connectivity index is 0.00000101. The van der Waals surface area contributed by atoms with Gasteiger partial charge in [-0.15, -0.1) is 5.10 Å². The first-order chi connectivity index (χ1) is 20.8. The molecule has 1 fully saturated rings. The Morgan fingerprint density at radius 1 is 1.00 bits per heavy atom. The molecule has 3 rings (SSSR count). The number of carbonyl (C=O) groups excluding carboxylic acids is 3. The number of aromatic nitrogens is 3. The Bertz CT molecular complexity index is 926. The Morgan fingerprint density at radius 3 is 2.19 bits per heavy atom. The van der Waals surface area contributed by atoms with Crippen LogP contribution in [-0.4, -0.2) is 97.7 Å². The normalized spacial score (nSPS) is 14.2. The zero-order valence-corrected chi connectivity index (χ0v) is 26.9. The maximum Gasteiger partial charge on any atom is 0.314 e. The number of amides is 3. The molecule has 0 radical (unpaired) electrons. The molecule has 2 aliphatic rings. The van der Waals surface area contributed by atoms with E-state index in [4.69, 9.17) is 14.2 Å². The standard InChI is InChI=1S/C24H42N6O5.C3H6N2O.C2H6/c1-4-5-6-7-23(32)25-10-12-33-14-16-35-17-15-34-13-11-30-19-21(26-29-30)8-9-24(27-28-24)18-22(31)20(2)3;6-3-4-1-2-5-3;1-2/h19-20H,4-18H2,1-3H3,(H,25,32);1-2H2,(H2,4,5,6);1-2H3. The molecule has 3 heterocycles. The summed E-state index contributed by atoms with van der Waals surface area (Å²) in [5, 5.41) is 24.5. The molecule has 1 aromatic heterocycles. The van der Waals surface area contributed by atoms with Crippen LogP contribution in [0.1, 0.15) is 78.8 Å². The lowest BCUT2D eigenvalue weighted by Crippen LogP contribution is -2.27. The number of Topliss-reactive ketones (excluding diaryl/α,β-unsaturated/α-hetero) is 1. The molecule has 1 saturated heterocycles. The Morgan fingerprint density at radius 2 is 1.63 bits per heavy atom. The van der Waals surface area contributed by atoms with E-state index in [1.807, 2.05) is 33.9 Å². The SMILES string of the molecule is CC.CCCCCC(=O)NCCOCCOCCOCCn1cc(CCC2(CC(=O)C(C)C)N=N2)nn1.O=C1NCCN1. The molecule has 14 nitrogen and oxygen atoms in total. The van der Waals surface area contributed by atoms with Crippen LogP contribution in [0.4, 0.5) is 4.79 Å². The second-order valence-corrected chi connectivity index (χ2v) is 10.3. The number of aryl methyl sites for hydroxylation is 1. The van der Waals surface area contributed by atoms with Gasteiger partial charge in [-0.2, -0.15) is 10.2 Å². The van der Waals surface area contributed by atoms with Gasteiger partial charge in [-0.3, -0.25) is 9.59 Å². The van der Waals surface area contributed by atoms with Crippen molar-refractivity contribution in [2.24, 2.45) is 16.1 Å². The lowest BCUT2D eigenvalue weighted by atomic mass is 9.95. The highest BCUT2D eigenvalue weighted by atomic mass is 16.5. The number of ether oxygens (including phenoxy) is 3. The van der Waals surface area contributed by atoms with E-state index in [0.717, 1.165) is 38.0 Å². The number of nitrogens with zero attached hydrogens (tertiary/aromatic N) is 5. The topological polar surface area (TPSA) is 170 Å². The minimum atomic E-state index is -0.539. The van der Waals surface area contributed by atoms with Gasteiger partial charge in [-0.1, -0.05) is 52.7 Å². The van der Waals surface area contributed by atoms with Crippen molar-refractivity contribution in [2.75, 3.05) is 59.3 Å². The third kappa shape index (κ3) is 19.0. The number of hydrogen-bond donors (Lipinski definition) is 3. The van der Waals surface area contributed by atoms with Gasteiger partial charge in [0, 0.05) is 44.6 Å². The van der Waals surface area contributed by atoms with Crippen LogP contribution < -0.4 is 16.0 Å². The van der Waals surface area contributed by atoms with E-state index in [0.29, 0.717) is 78.4 Å². The molecule has 0 aliphatic carbocycles. The summed E-state index contributed by atoms with van der Waals surface area (Å²) in [5.41, 5.74) is 0.321. The van der Waals surface area contributed by atoms with E-state index in [9.17, 15) is 14.4 Å². The Hall–Kier alpha value is -2.97. The number of carbonyl (C=O) groups is 3. The first kappa shape index (κ1) is 38.1. The lowest BCUT2D eigenvalue weighted by Gasteiger charge is -2.10. The second-order valence-electron chi connectivity index (χ2n) is 10.3. The fourth-order valence-corrected chi connectivity index (χ4v) is 3.70. The molecule has 0 saturated carbocycles. The van der Waals surface area contributed by atoms with E-state index in [1.54, 1.807) is 4.68 Å². The van der Waals surface area contributed by atoms with Crippen LogP contribution in [0, 0.1) is 5.92 Å². The van der Waals surface area contributed by atoms with Gasteiger partial charge in [0.25, 0.3) is 0 Å². The van der Waals surface area contributed by atoms with Crippen molar-refractivity contribution < 1.29 is 28.6 Å². The molecule has 3 amide bonds. The van der Waals surface area contributed by atoms with E-state index in [2.05, 4.69) is 43.4 Å². The molecule has 0 atom stereocenters. The first-order valence-electron chi connectivity index (χ1n) is 15.7. The summed E-state index contributed by atoms with van der Waals surface area (Å²) >= 11 is 0. The van der Waals surface area contributed by atoms with Crippen LogP contribution in [0.25, 0.3) is 0 Å². The second kappa shape index (κ2) is 23.5. The molecule has 2 aliphatic heterocycles. The van der Waals surface area contributed by atoms with Crippen molar-refractivity contribution >= 4 is 17.7 Å². The highest BCUT2D eigenvalue weighted by molar-refractivity contribution is 5.81. The first-order valence-corrected chi connectivity index (χ1v) is 15.7. The molecular weight excluding hydrogens is 556 g/mol. The fraction of sp³-hybridized carbons (Fsp3) is 0.828. The summed E-state index contributed by atoms with van der Waals surface area (Å²) in [7, 11) is 0. The molecule has 14 heteroatoms. The average molecular weight is 611 g/mol. The number of unbranched alkanes of at least 4 members (excludes halogenated alkanes) is 2. The van der Waals surface area contributed by atoms with Gasteiger partial charge in [-0.05, 0) is 12.8 Å². The van der Waals surface area contributed by atoms with Gasteiger partial charge in [0.2, 0.25) is 5.91 Å². The molecule has 0 bridgehead atoms. The lowest BCUT2D eigenvalue weighted by molar-refractivity contribution is -0.123. The minimum absolute atomic E-state index is 0.00260. The van der Waals surface area contributed by atoms with Crippen LogP contribution in [0.5, 0.6) is 0 Å². The minimum Gasteiger partial charge on any atom is -0.377 e. The number of nitrogens with one attached hydrogen (secondary N) is 3. The van der Waals surface area contributed by atoms with Gasteiger partial charge in [0.05, 0.1) is 58.3 Å². The molecule has 246 valence electrons. The Kier molecular flexibility index (Phi) is 20.8. The smallest absolute Gasteiger partial charge is 0.314 e. The molecule has 43 heavy (non-hydrogen) atoms. The van der Waals surface area contributed by atoms with E-state index < -0.39 is 5.66 Å². The summed E-state index contributed by atoms with van der Waals surface area (Å²) in [6.07, 6.45) is 7.36. The average Bonchev–Trinajstić information content (AvgIpc) is 3.34. The number of hydrogen-bond acceptors (Lipinski definition) is 10. The predicted molar refractivity (Wildman–Crippen MR) is 163 cm³/mol. The number of ketones is 1. The zero-order valence-electron chi connectivity index (χ0n) is 26.9. The molecule has 0 spiro atoms. The van der Waals surface area contributed by atoms with Crippen LogP contribution in [-0.2, 0) is 36.8 Å². The largest absolute Gasteiger partial charge is 0.377 e. The van der Waals surface area contributed by atoms with Crippen molar-refractivity contribution in [1.82, 2.24) is 30.9 Å². The highest BCUT2D eigenvalue weighted by Gasteiger charge is 2.42. The summed E-state index contributed by atoms with van der Waals surface area (Å²) in [4.78, 5) is 33.5.